The molecule has 0 saturated heterocycles. The zero-order valence-corrected chi connectivity index (χ0v) is 9.20. The van der Waals surface area contributed by atoms with Gasteiger partial charge in [0.15, 0.2) is 0 Å². The van der Waals surface area contributed by atoms with E-state index in [1.165, 1.54) is 6.08 Å². The molecule has 0 aliphatic carbocycles. The molecule has 0 heterocycles. The number of rotatable bonds is 4. The third-order valence-electron chi connectivity index (χ3n) is 1.87. The number of ether oxygens (including phenoxy) is 1. The Kier molecular flexibility index (Phi) is 5.44. The van der Waals surface area contributed by atoms with Crippen molar-refractivity contribution in [2.45, 2.75) is 40.7 Å². The zero-order chi connectivity index (χ0) is 10.4. The van der Waals surface area contributed by atoms with Gasteiger partial charge in [-0.3, -0.25) is 0 Å². The summed E-state index contributed by atoms with van der Waals surface area (Å²) >= 11 is 0. The van der Waals surface area contributed by atoms with Gasteiger partial charge in [0.25, 0.3) is 0 Å². The number of carbonyl (C=O) groups is 1. The van der Waals surface area contributed by atoms with Crippen molar-refractivity contribution in [1.82, 2.24) is 0 Å². The van der Waals surface area contributed by atoms with Crippen LogP contribution in [-0.2, 0) is 9.53 Å². The van der Waals surface area contributed by atoms with E-state index in [0.717, 1.165) is 0 Å². The summed E-state index contributed by atoms with van der Waals surface area (Å²) < 4.78 is 5.29. The van der Waals surface area contributed by atoms with Crippen molar-refractivity contribution in [2.24, 2.45) is 11.8 Å². The monoisotopic (exact) mass is 184 g/mol. The molecule has 0 bridgehead atoms. The number of esters is 1. The summed E-state index contributed by atoms with van der Waals surface area (Å²) in [6, 6.07) is 0. The fraction of sp³-hybridized carbons (Fsp3) is 0.727. The lowest BCUT2D eigenvalue weighted by molar-refractivity contribution is -0.147. The van der Waals surface area contributed by atoms with Crippen molar-refractivity contribution >= 4 is 5.97 Å². The number of allylic oxidation sites excluding steroid dienone is 1. The van der Waals surface area contributed by atoms with Gasteiger partial charge in [0.1, 0.15) is 6.10 Å². The average Bonchev–Trinajstić information content (AvgIpc) is 1.99. The molecule has 0 atom stereocenters. The van der Waals surface area contributed by atoms with E-state index in [1.807, 2.05) is 0 Å². The minimum absolute atomic E-state index is 0.0173. The normalized spacial score (nSPS) is 12.0. The lowest BCUT2D eigenvalue weighted by atomic mass is 9.96. The summed E-state index contributed by atoms with van der Waals surface area (Å²) in [7, 11) is 0. The van der Waals surface area contributed by atoms with Crippen LogP contribution in [0.4, 0.5) is 0 Å². The summed E-state index contributed by atoms with van der Waals surface area (Å²) in [5.41, 5.74) is 0. The van der Waals surface area contributed by atoms with Crippen LogP contribution in [0.5, 0.6) is 0 Å². The van der Waals surface area contributed by atoms with Gasteiger partial charge in [-0.2, -0.15) is 0 Å². The van der Waals surface area contributed by atoms with Crippen LogP contribution in [0.15, 0.2) is 12.2 Å². The van der Waals surface area contributed by atoms with Gasteiger partial charge in [0, 0.05) is 6.08 Å². The van der Waals surface area contributed by atoms with Gasteiger partial charge in [-0.05, 0) is 18.8 Å². The van der Waals surface area contributed by atoms with Gasteiger partial charge in [-0.25, -0.2) is 4.79 Å². The first kappa shape index (κ1) is 12.2. The van der Waals surface area contributed by atoms with E-state index in [4.69, 9.17) is 4.74 Å². The maximum absolute atomic E-state index is 11.2. The molecule has 0 aromatic heterocycles. The van der Waals surface area contributed by atoms with Gasteiger partial charge in [0.2, 0.25) is 0 Å². The summed E-state index contributed by atoms with van der Waals surface area (Å²) in [5, 5.41) is 0. The second-order valence-electron chi connectivity index (χ2n) is 3.89. The summed E-state index contributed by atoms with van der Waals surface area (Å²) in [6.07, 6.45) is 3.17. The Balaban J connectivity index is 4.18. The number of hydrogen-bond acceptors (Lipinski definition) is 2. The summed E-state index contributed by atoms with van der Waals surface area (Å²) in [5.74, 6) is 0.498. The molecule has 0 saturated carbocycles. The molecule has 2 heteroatoms. The molecule has 13 heavy (non-hydrogen) atoms. The van der Waals surface area contributed by atoms with Gasteiger partial charge in [-0.15, -0.1) is 0 Å². The maximum atomic E-state index is 11.2. The second-order valence-corrected chi connectivity index (χ2v) is 3.89. The third kappa shape index (κ3) is 4.71. The highest BCUT2D eigenvalue weighted by Crippen LogP contribution is 2.16. The largest absolute Gasteiger partial charge is 0.459 e. The molecular weight excluding hydrogens is 164 g/mol. The Morgan fingerprint density at radius 3 is 1.92 bits per heavy atom. The fourth-order valence-electron chi connectivity index (χ4n) is 1.35. The molecule has 2 nitrogen and oxygen atoms in total. The molecule has 0 spiro atoms. The Morgan fingerprint density at radius 1 is 1.15 bits per heavy atom. The van der Waals surface area contributed by atoms with E-state index < -0.39 is 0 Å². The molecule has 0 aliphatic heterocycles. The molecule has 0 amide bonds. The van der Waals surface area contributed by atoms with Crippen molar-refractivity contribution in [3.05, 3.63) is 12.2 Å². The lowest BCUT2D eigenvalue weighted by Crippen LogP contribution is -2.28. The van der Waals surface area contributed by atoms with Crippen LogP contribution >= 0.6 is 0 Å². The fourth-order valence-corrected chi connectivity index (χ4v) is 1.35. The van der Waals surface area contributed by atoms with Crippen LogP contribution in [-0.4, -0.2) is 12.1 Å². The second kappa shape index (κ2) is 5.79. The summed E-state index contributed by atoms with van der Waals surface area (Å²) in [6.45, 7) is 10.1. The molecule has 0 aromatic rings. The zero-order valence-electron chi connectivity index (χ0n) is 9.20. The SMILES string of the molecule is C/C=C/C(=O)OC(C(C)C)C(C)C. The van der Waals surface area contributed by atoms with Crippen LogP contribution in [0.25, 0.3) is 0 Å². The standard InChI is InChI=1S/C11H20O2/c1-6-7-10(12)13-11(8(2)3)9(4)5/h6-9,11H,1-5H3/b7-6+. The topological polar surface area (TPSA) is 26.3 Å². The Hall–Kier alpha value is -0.790. The van der Waals surface area contributed by atoms with E-state index in [2.05, 4.69) is 27.7 Å². The smallest absolute Gasteiger partial charge is 0.330 e. The van der Waals surface area contributed by atoms with Crippen molar-refractivity contribution in [2.75, 3.05) is 0 Å². The number of hydrogen-bond donors (Lipinski definition) is 0. The molecular formula is C11H20O2. The highest BCUT2D eigenvalue weighted by molar-refractivity contribution is 5.81. The highest BCUT2D eigenvalue weighted by atomic mass is 16.5. The predicted molar refractivity (Wildman–Crippen MR) is 54.4 cm³/mol. The van der Waals surface area contributed by atoms with Crippen LogP contribution in [0.1, 0.15) is 34.6 Å². The van der Waals surface area contributed by atoms with Crippen LogP contribution in [0.2, 0.25) is 0 Å². The van der Waals surface area contributed by atoms with Gasteiger partial charge in [-0.1, -0.05) is 33.8 Å². The van der Waals surface area contributed by atoms with Crippen LogP contribution in [0.3, 0.4) is 0 Å². The molecule has 0 aromatic carbocycles. The van der Waals surface area contributed by atoms with Crippen LogP contribution < -0.4 is 0 Å². The molecule has 0 rings (SSSR count). The molecule has 0 fully saturated rings. The van der Waals surface area contributed by atoms with Gasteiger partial charge >= 0.3 is 5.97 Å². The lowest BCUT2D eigenvalue weighted by Gasteiger charge is -2.24. The minimum atomic E-state index is -0.241. The third-order valence-corrected chi connectivity index (χ3v) is 1.87. The van der Waals surface area contributed by atoms with Crippen molar-refractivity contribution in [1.29, 1.82) is 0 Å². The molecule has 0 N–H and O–H groups in total. The van der Waals surface area contributed by atoms with E-state index in [-0.39, 0.29) is 12.1 Å². The van der Waals surface area contributed by atoms with Crippen molar-refractivity contribution < 1.29 is 9.53 Å². The molecule has 0 radical (unpaired) electrons. The maximum Gasteiger partial charge on any atom is 0.330 e. The Morgan fingerprint density at radius 2 is 1.62 bits per heavy atom. The van der Waals surface area contributed by atoms with E-state index in [1.54, 1.807) is 13.0 Å². The average molecular weight is 184 g/mol. The molecule has 0 unspecified atom stereocenters. The van der Waals surface area contributed by atoms with E-state index in [9.17, 15) is 4.79 Å². The van der Waals surface area contributed by atoms with Crippen LogP contribution in [0, 0.1) is 11.8 Å². The quantitative estimate of drug-likeness (QED) is 0.496. The predicted octanol–water partition coefficient (Wildman–Crippen LogP) is 2.79. The van der Waals surface area contributed by atoms with E-state index >= 15 is 0 Å². The van der Waals surface area contributed by atoms with Gasteiger partial charge < -0.3 is 4.74 Å². The first-order chi connectivity index (χ1) is 5.99. The first-order valence-corrected chi connectivity index (χ1v) is 4.82. The Labute approximate surface area is 81.0 Å². The van der Waals surface area contributed by atoms with Crippen molar-refractivity contribution in [3.63, 3.8) is 0 Å². The molecule has 0 aliphatic rings. The van der Waals surface area contributed by atoms with Crippen molar-refractivity contribution in [3.8, 4) is 0 Å². The first-order valence-electron chi connectivity index (χ1n) is 4.82. The van der Waals surface area contributed by atoms with Gasteiger partial charge in [0.05, 0.1) is 0 Å². The Bertz CT molecular complexity index is 173. The highest BCUT2D eigenvalue weighted by Gasteiger charge is 2.20. The minimum Gasteiger partial charge on any atom is -0.459 e. The summed E-state index contributed by atoms with van der Waals surface area (Å²) in [4.78, 5) is 11.2. The van der Waals surface area contributed by atoms with E-state index in [0.29, 0.717) is 11.8 Å². The number of carbonyl (C=O) groups excluding carboxylic acids is 1. The molecule has 76 valence electrons.